The minimum atomic E-state index is 0.324. The lowest BCUT2D eigenvalue weighted by Crippen LogP contribution is -2.48. The van der Waals surface area contributed by atoms with E-state index in [-0.39, 0.29) is 0 Å². The normalized spacial score (nSPS) is 24.1. The van der Waals surface area contributed by atoms with E-state index in [4.69, 9.17) is 0 Å². The van der Waals surface area contributed by atoms with E-state index in [0.29, 0.717) is 12.5 Å². The van der Waals surface area contributed by atoms with Gasteiger partial charge in [0.25, 0.3) is 0 Å². The van der Waals surface area contributed by atoms with Gasteiger partial charge in [0, 0.05) is 45.0 Å². The van der Waals surface area contributed by atoms with Gasteiger partial charge in [-0.25, -0.2) is 0 Å². The largest absolute Gasteiger partial charge is 0.341 e. The van der Waals surface area contributed by atoms with E-state index in [9.17, 15) is 4.79 Å². The zero-order valence-electron chi connectivity index (χ0n) is 9.78. The molecular weight excluding hydrogens is 222 g/mol. The summed E-state index contributed by atoms with van der Waals surface area (Å²) in [4.78, 5) is 16.4. The van der Waals surface area contributed by atoms with Crippen molar-refractivity contribution < 1.29 is 4.79 Å². The summed E-state index contributed by atoms with van der Waals surface area (Å²) in [6.45, 7) is 6.56. The zero-order chi connectivity index (χ0) is 11.2. The van der Waals surface area contributed by atoms with E-state index in [2.05, 4.69) is 10.2 Å². The summed E-state index contributed by atoms with van der Waals surface area (Å²) in [5.41, 5.74) is 0. The minimum Gasteiger partial charge on any atom is -0.341 e. The quantitative estimate of drug-likeness (QED) is 0.732. The molecule has 0 radical (unpaired) electrons. The lowest BCUT2D eigenvalue weighted by molar-refractivity contribution is -0.132. The minimum absolute atomic E-state index is 0.324. The fourth-order valence-electron chi connectivity index (χ4n) is 2.16. The van der Waals surface area contributed by atoms with Crippen molar-refractivity contribution in [3.63, 3.8) is 0 Å². The Bertz CT molecular complexity index is 223. The van der Waals surface area contributed by atoms with Gasteiger partial charge in [-0.05, 0) is 12.2 Å². The molecule has 2 rings (SSSR count). The third-order valence-corrected chi connectivity index (χ3v) is 4.19. The van der Waals surface area contributed by atoms with Gasteiger partial charge in [0.15, 0.2) is 0 Å². The van der Waals surface area contributed by atoms with Crippen LogP contribution in [0.15, 0.2) is 0 Å². The molecule has 0 atom stereocenters. The molecule has 92 valence electrons. The molecular formula is C11H21N3OS. The summed E-state index contributed by atoms with van der Waals surface area (Å²) in [5, 5.41) is 3.31. The van der Waals surface area contributed by atoms with Crippen LogP contribution in [0.3, 0.4) is 0 Å². The van der Waals surface area contributed by atoms with Crippen LogP contribution in [0.5, 0.6) is 0 Å². The van der Waals surface area contributed by atoms with Crippen molar-refractivity contribution in [2.45, 2.75) is 6.42 Å². The molecule has 0 bridgehead atoms. The number of rotatable bonds is 2. The van der Waals surface area contributed by atoms with E-state index in [1.54, 1.807) is 0 Å². The van der Waals surface area contributed by atoms with Crippen molar-refractivity contribution >= 4 is 17.7 Å². The second kappa shape index (κ2) is 6.47. The number of nitrogens with one attached hydrogen (secondary N) is 1. The first-order valence-corrected chi connectivity index (χ1v) is 7.30. The number of thioether (sulfide) groups is 1. The average Bonchev–Trinajstić information content (AvgIpc) is 2.59. The molecule has 0 saturated carbocycles. The SMILES string of the molecule is O=C(CN1CCNCC1)N1CCCSCC1. The van der Waals surface area contributed by atoms with Crippen LogP contribution in [0.2, 0.25) is 0 Å². The van der Waals surface area contributed by atoms with Crippen molar-refractivity contribution in [1.29, 1.82) is 0 Å². The van der Waals surface area contributed by atoms with Gasteiger partial charge in [-0.15, -0.1) is 0 Å². The Labute approximate surface area is 102 Å². The van der Waals surface area contributed by atoms with Gasteiger partial charge < -0.3 is 10.2 Å². The maximum Gasteiger partial charge on any atom is 0.236 e. The first-order chi connectivity index (χ1) is 7.86. The van der Waals surface area contributed by atoms with Crippen LogP contribution in [-0.2, 0) is 4.79 Å². The van der Waals surface area contributed by atoms with Gasteiger partial charge in [-0.2, -0.15) is 11.8 Å². The van der Waals surface area contributed by atoms with E-state index in [1.807, 2.05) is 16.7 Å². The highest BCUT2D eigenvalue weighted by Crippen LogP contribution is 2.10. The molecule has 4 nitrogen and oxygen atoms in total. The summed E-state index contributed by atoms with van der Waals surface area (Å²) in [6.07, 6.45) is 1.15. The van der Waals surface area contributed by atoms with E-state index in [1.165, 1.54) is 5.75 Å². The van der Waals surface area contributed by atoms with Crippen molar-refractivity contribution in [1.82, 2.24) is 15.1 Å². The van der Waals surface area contributed by atoms with Crippen LogP contribution in [0.4, 0.5) is 0 Å². The lowest BCUT2D eigenvalue weighted by Gasteiger charge is -2.29. The highest BCUT2D eigenvalue weighted by Gasteiger charge is 2.19. The van der Waals surface area contributed by atoms with E-state index >= 15 is 0 Å². The number of amides is 1. The molecule has 5 heteroatoms. The predicted octanol–water partition coefficient (Wildman–Crippen LogP) is -0.143. The summed E-state index contributed by atoms with van der Waals surface area (Å²) >= 11 is 1.97. The van der Waals surface area contributed by atoms with Crippen LogP contribution >= 0.6 is 11.8 Å². The first kappa shape index (κ1) is 12.2. The second-order valence-corrected chi connectivity index (χ2v) is 5.60. The molecule has 0 aromatic carbocycles. The van der Waals surface area contributed by atoms with E-state index in [0.717, 1.165) is 51.4 Å². The number of nitrogens with zero attached hydrogens (tertiary/aromatic N) is 2. The third-order valence-electron chi connectivity index (χ3n) is 3.14. The molecule has 2 aliphatic rings. The van der Waals surface area contributed by atoms with Gasteiger partial charge in [0.05, 0.1) is 6.54 Å². The molecule has 0 spiro atoms. The number of carbonyl (C=O) groups excluding carboxylic acids is 1. The molecule has 0 aliphatic carbocycles. The smallest absolute Gasteiger partial charge is 0.236 e. The van der Waals surface area contributed by atoms with Crippen LogP contribution in [0, 0.1) is 0 Å². The standard InChI is InChI=1S/C11H21N3OS/c15-11(10-13-5-2-12-3-6-13)14-4-1-8-16-9-7-14/h12H,1-10H2. The fourth-order valence-corrected chi connectivity index (χ4v) is 3.04. The fraction of sp³-hybridized carbons (Fsp3) is 0.909. The van der Waals surface area contributed by atoms with Gasteiger partial charge in [-0.1, -0.05) is 0 Å². The molecule has 0 unspecified atom stereocenters. The number of hydrogen-bond acceptors (Lipinski definition) is 4. The van der Waals surface area contributed by atoms with Crippen molar-refractivity contribution in [3.05, 3.63) is 0 Å². The lowest BCUT2D eigenvalue weighted by atomic mass is 10.3. The van der Waals surface area contributed by atoms with Crippen molar-refractivity contribution in [2.24, 2.45) is 0 Å². The van der Waals surface area contributed by atoms with Gasteiger partial charge >= 0.3 is 0 Å². The Balaban J connectivity index is 1.76. The van der Waals surface area contributed by atoms with Gasteiger partial charge in [0.1, 0.15) is 0 Å². The Morgan fingerprint density at radius 3 is 2.75 bits per heavy atom. The number of carbonyl (C=O) groups is 1. The Morgan fingerprint density at radius 2 is 1.94 bits per heavy atom. The summed E-state index contributed by atoms with van der Waals surface area (Å²) in [6, 6.07) is 0. The Morgan fingerprint density at radius 1 is 1.12 bits per heavy atom. The van der Waals surface area contributed by atoms with Crippen molar-refractivity contribution in [2.75, 3.05) is 57.3 Å². The second-order valence-electron chi connectivity index (χ2n) is 4.37. The Kier molecular flexibility index (Phi) is 4.93. The molecule has 2 saturated heterocycles. The summed E-state index contributed by atoms with van der Waals surface area (Å²) in [7, 11) is 0. The topological polar surface area (TPSA) is 35.6 Å². The summed E-state index contributed by atoms with van der Waals surface area (Å²) in [5.74, 6) is 2.63. The highest BCUT2D eigenvalue weighted by atomic mass is 32.2. The molecule has 2 fully saturated rings. The Hall–Kier alpha value is -0.260. The van der Waals surface area contributed by atoms with Crippen molar-refractivity contribution in [3.8, 4) is 0 Å². The average molecular weight is 243 g/mol. The van der Waals surface area contributed by atoms with Crippen LogP contribution in [-0.4, -0.2) is 73.0 Å². The molecule has 2 aliphatic heterocycles. The van der Waals surface area contributed by atoms with Crippen LogP contribution in [0.1, 0.15) is 6.42 Å². The molecule has 1 amide bonds. The van der Waals surface area contributed by atoms with Crippen LogP contribution < -0.4 is 5.32 Å². The molecule has 0 aromatic rings. The molecule has 2 heterocycles. The first-order valence-electron chi connectivity index (χ1n) is 6.15. The number of hydrogen-bond donors (Lipinski definition) is 1. The summed E-state index contributed by atoms with van der Waals surface area (Å²) < 4.78 is 0. The molecule has 1 N–H and O–H groups in total. The maximum atomic E-state index is 12.1. The van der Waals surface area contributed by atoms with Gasteiger partial charge in [0.2, 0.25) is 5.91 Å². The zero-order valence-corrected chi connectivity index (χ0v) is 10.6. The number of piperazine rings is 1. The van der Waals surface area contributed by atoms with Gasteiger partial charge in [-0.3, -0.25) is 9.69 Å². The predicted molar refractivity (Wildman–Crippen MR) is 67.8 cm³/mol. The maximum absolute atomic E-state index is 12.1. The van der Waals surface area contributed by atoms with Crippen LogP contribution in [0.25, 0.3) is 0 Å². The molecule has 16 heavy (non-hydrogen) atoms. The van der Waals surface area contributed by atoms with E-state index < -0.39 is 0 Å². The highest BCUT2D eigenvalue weighted by molar-refractivity contribution is 7.99. The molecule has 0 aromatic heterocycles. The third kappa shape index (κ3) is 3.64. The monoisotopic (exact) mass is 243 g/mol.